The third-order valence-electron chi connectivity index (χ3n) is 1.99. The highest BCUT2D eigenvalue weighted by atomic mass is 35.5. The molecule has 1 unspecified atom stereocenters. The monoisotopic (exact) mass is 192 g/mol. The Morgan fingerprint density at radius 2 is 2.27 bits per heavy atom. The summed E-state index contributed by atoms with van der Waals surface area (Å²) in [6, 6.07) is 0. The number of rotatable bonds is 1. The van der Waals surface area contributed by atoms with Crippen LogP contribution in [0.3, 0.4) is 0 Å². The second-order valence-corrected chi connectivity index (χ2v) is 3.41. The number of carbonyl (C=O) groups excluding carboxylic acids is 1. The van der Waals surface area contributed by atoms with Gasteiger partial charge in [0.2, 0.25) is 0 Å². The van der Waals surface area contributed by atoms with Crippen molar-refractivity contribution < 1.29 is 4.79 Å². The molecular weight excluding hydrogens is 183 g/mol. The van der Waals surface area contributed by atoms with E-state index in [1.807, 2.05) is 0 Å². The van der Waals surface area contributed by atoms with Crippen LogP contribution in [0.1, 0.15) is 25.7 Å². The van der Waals surface area contributed by atoms with Crippen molar-refractivity contribution in [1.29, 1.82) is 0 Å². The summed E-state index contributed by atoms with van der Waals surface area (Å²) < 4.78 is 0. The molecule has 1 nitrogen and oxygen atoms in total. The van der Waals surface area contributed by atoms with Gasteiger partial charge in [-0.2, -0.15) is 0 Å². The standard InChI is InChI=1S/C8H10Cl2O/c9-5-7(10)6-3-1-2-4-8(6)11/h5-6H,1-4H2/b7-5+. The number of ketones is 1. The lowest BCUT2D eigenvalue weighted by Gasteiger charge is -2.18. The van der Waals surface area contributed by atoms with Crippen LogP contribution in [0.15, 0.2) is 10.6 Å². The molecule has 1 atom stereocenters. The maximum absolute atomic E-state index is 11.2. The van der Waals surface area contributed by atoms with Gasteiger partial charge in [0.05, 0.1) is 5.92 Å². The third-order valence-corrected chi connectivity index (χ3v) is 2.71. The van der Waals surface area contributed by atoms with Crippen LogP contribution in [0.5, 0.6) is 0 Å². The fourth-order valence-corrected chi connectivity index (χ4v) is 1.73. The molecule has 11 heavy (non-hydrogen) atoms. The van der Waals surface area contributed by atoms with Crippen LogP contribution in [0.2, 0.25) is 0 Å². The van der Waals surface area contributed by atoms with E-state index in [1.165, 1.54) is 5.54 Å². The molecule has 1 aliphatic rings. The Kier molecular flexibility index (Phi) is 3.41. The molecule has 1 fully saturated rings. The van der Waals surface area contributed by atoms with Crippen LogP contribution in [0.4, 0.5) is 0 Å². The van der Waals surface area contributed by atoms with E-state index in [1.54, 1.807) is 0 Å². The molecule has 0 heterocycles. The zero-order chi connectivity index (χ0) is 8.27. The third kappa shape index (κ3) is 2.21. The van der Waals surface area contributed by atoms with Gasteiger partial charge >= 0.3 is 0 Å². The molecule has 0 saturated heterocycles. The van der Waals surface area contributed by atoms with E-state index in [2.05, 4.69) is 0 Å². The molecule has 62 valence electrons. The smallest absolute Gasteiger partial charge is 0.141 e. The average Bonchev–Trinajstić information content (AvgIpc) is 2.04. The van der Waals surface area contributed by atoms with Crippen LogP contribution in [-0.4, -0.2) is 5.78 Å². The normalized spacial score (nSPS) is 27.3. The lowest BCUT2D eigenvalue weighted by Crippen LogP contribution is -2.18. The molecule has 0 aromatic rings. The highest BCUT2D eigenvalue weighted by Crippen LogP contribution is 2.29. The summed E-state index contributed by atoms with van der Waals surface area (Å²) in [5, 5.41) is 0.497. The van der Waals surface area contributed by atoms with Gasteiger partial charge < -0.3 is 0 Å². The van der Waals surface area contributed by atoms with E-state index >= 15 is 0 Å². The summed E-state index contributed by atoms with van der Waals surface area (Å²) in [7, 11) is 0. The second-order valence-electron chi connectivity index (χ2n) is 2.76. The lowest BCUT2D eigenvalue weighted by molar-refractivity contribution is -0.123. The Labute approximate surface area is 76.4 Å². The minimum atomic E-state index is -0.108. The Bertz CT molecular complexity index is 187. The molecule has 0 aromatic heterocycles. The fourth-order valence-electron chi connectivity index (χ4n) is 1.35. The van der Waals surface area contributed by atoms with Crippen LogP contribution in [0, 0.1) is 5.92 Å². The van der Waals surface area contributed by atoms with Gasteiger partial charge in [-0.3, -0.25) is 4.79 Å². The summed E-state index contributed by atoms with van der Waals surface area (Å²) >= 11 is 11.2. The van der Waals surface area contributed by atoms with Crippen LogP contribution >= 0.6 is 23.2 Å². The molecule has 0 aromatic carbocycles. The van der Waals surface area contributed by atoms with Crippen molar-refractivity contribution in [2.75, 3.05) is 0 Å². The Morgan fingerprint density at radius 1 is 1.55 bits per heavy atom. The van der Waals surface area contributed by atoms with Gasteiger partial charge in [-0.15, -0.1) is 0 Å². The summed E-state index contributed by atoms with van der Waals surface area (Å²) in [6.07, 6.45) is 3.60. The van der Waals surface area contributed by atoms with Gasteiger partial charge in [0, 0.05) is 17.0 Å². The molecule has 3 heteroatoms. The number of halogens is 2. The summed E-state index contributed by atoms with van der Waals surface area (Å²) in [6.45, 7) is 0. The minimum Gasteiger partial charge on any atom is -0.299 e. The van der Waals surface area contributed by atoms with Gasteiger partial charge in [-0.1, -0.05) is 29.6 Å². The van der Waals surface area contributed by atoms with Gasteiger partial charge in [0.25, 0.3) is 0 Å². The first-order chi connectivity index (χ1) is 5.25. The lowest BCUT2D eigenvalue weighted by atomic mass is 9.88. The molecule has 0 N–H and O–H groups in total. The summed E-state index contributed by atoms with van der Waals surface area (Å²) in [5.41, 5.74) is 1.30. The van der Waals surface area contributed by atoms with Crippen molar-refractivity contribution >= 4 is 29.0 Å². The Hall–Kier alpha value is -0.0100. The van der Waals surface area contributed by atoms with Crippen molar-refractivity contribution in [3.63, 3.8) is 0 Å². The van der Waals surface area contributed by atoms with Crippen LogP contribution in [0.25, 0.3) is 0 Å². The highest BCUT2D eigenvalue weighted by Gasteiger charge is 2.24. The van der Waals surface area contributed by atoms with E-state index in [0.717, 1.165) is 19.3 Å². The van der Waals surface area contributed by atoms with Crippen molar-refractivity contribution in [2.45, 2.75) is 25.7 Å². The first-order valence-corrected chi connectivity index (χ1v) is 4.55. The van der Waals surface area contributed by atoms with Gasteiger partial charge in [0.1, 0.15) is 5.78 Å². The van der Waals surface area contributed by atoms with Gasteiger partial charge in [-0.05, 0) is 12.8 Å². The molecule has 0 radical (unpaired) electrons. The predicted octanol–water partition coefficient (Wildman–Crippen LogP) is 3.06. The topological polar surface area (TPSA) is 17.1 Å². The maximum Gasteiger partial charge on any atom is 0.141 e. The number of hydrogen-bond donors (Lipinski definition) is 0. The Balaban J connectivity index is 2.62. The first kappa shape index (κ1) is 9.08. The molecule has 1 aliphatic carbocycles. The average molecular weight is 193 g/mol. The second kappa shape index (κ2) is 4.13. The van der Waals surface area contributed by atoms with E-state index in [9.17, 15) is 4.79 Å². The van der Waals surface area contributed by atoms with Crippen molar-refractivity contribution in [2.24, 2.45) is 5.92 Å². The van der Waals surface area contributed by atoms with Crippen LogP contribution < -0.4 is 0 Å². The van der Waals surface area contributed by atoms with E-state index in [4.69, 9.17) is 23.2 Å². The fraction of sp³-hybridized carbons (Fsp3) is 0.625. The molecule has 0 spiro atoms. The summed E-state index contributed by atoms with van der Waals surface area (Å²) in [5.74, 6) is 0.126. The van der Waals surface area contributed by atoms with Crippen molar-refractivity contribution in [3.8, 4) is 0 Å². The largest absolute Gasteiger partial charge is 0.299 e. The van der Waals surface area contributed by atoms with E-state index < -0.39 is 0 Å². The number of hydrogen-bond acceptors (Lipinski definition) is 1. The molecule has 0 bridgehead atoms. The zero-order valence-corrected chi connectivity index (χ0v) is 7.66. The van der Waals surface area contributed by atoms with Crippen molar-refractivity contribution in [1.82, 2.24) is 0 Å². The molecule has 1 saturated carbocycles. The number of allylic oxidation sites excluding steroid dienone is 1. The minimum absolute atomic E-state index is 0.108. The molecule has 1 rings (SSSR count). The van der Waals surface area contributed by atoms with E-state index in [-0.39, 0.29) is 11.7 Å². The number of Topliss-reactive ketones (excluding diaryl/α,β-unsaturated/α-hetero) is 1. The van der Waals surface area contributed by atoms with E-state index in [0.29, 0.717) is 11.5 Å². The quantitative estimate of drug-likeness (QED) is 0.625. The maximum atomic E-state index is 11.2. The van der Waals surface area contributed by atoms with Crippen LogP contribution in [-0.2, 0) is 4.79 Å². The van der Waals surface area contributed by atoms with Crippen molar-refractivity contribution in [3.05, 3.63) is 10.6 Å². The summed E-state index contributed by atoms with van der Waals surface area (Å²) in [4.78, 5) is 11.2. The van der Waals surface area contributed by atoms with Gasteiger partial charge in [-0.25, -0.2) is 0 Å². The highest BCUT2D eigenvalue weighted by molar-refractivity contribution is 6.37. The number of carbonyl (C=O) groups is 1. The first-order valence-electron chi connectivity index (χ1n) is 3.74. The SMILES string of the molecule is O=C1CCCCC1/C(Cl)=C\Cl. The zero-order valence-electron chi connectivity index (χ0n) is 6.15. The Morgan fingerprint density at radius 3 is 2.82 bits per heavy atom. The molecule has 0 aliphatic heterocycles. The molecule has 0 amide bonds. The van der Waals surface area contributed by atoms with Gasteiger partial charge in [0.15, 0.2) is 0 Å². The predicted molar refractivity (Wildman–Crippen MR) is 46.8 cm³/mol. The molecular formula is C8H10Cl2O.